The lowest BCUT2D eigenvalue weighted by Gasteiger charge is -2.38. The summed E-state index contributed by atoms with van der Waals surface area (Å²) in [7, 11) is 0. The number of rotatable bonds is 3. The fourth-order valence-corrected chi connectivity index (χ4v) is 4.95. The van der Waals surface area contributed by atoms with E-state index in [9.17, 15) is 0 Å². The van der Waals surface area contributed by atoms with Gasteiger partial charge in [0.15, 0.2) is 0 Å². The van der Waals surface area contributed by atoms with E-state index in [0.717, 1.165) is 11.0 Å². The van der Waals surface area contributed by atoms with Gasteiger partial charge < -0.3 is 4.74 Å². The van der Waals surface area contributed by atoms with E-state index in [1.807, 2.05) is 23.5 Å². The van der Waals surface area contributed by atoms with Crippen LogP contribution in [0, 0.1) is 16.7 Å². The molecule has 0 radical (unpaired) electrons. The largest absolute Gasteiger partial charge is 0.355 e. The SMILES string of the molecule is CC1(C)C2CCC1(C)C(OCN=C1SCS1)C2. The van der Waals surface area contributed by atoms with E-state index < -0.39 is 0 Å². The summed E-state index contributed by atoms with van der Waals surface area (Å²) < 4.78 is 7.27. The lowest BCUT2D eigenvalue weighted by atomic mass is 9.70. The van der Waals surface area contributed by atoms with Gasteiger partial charge in [0.25, 0.3) is 0 Å². The van der Waals surface area contributed by atoms with Crippen LogP contribution in [0.5, 0.6) is 0 Å². The molecule has 96 valence electrons. The third-order valence-corrected chi connectivity index (χ3v) is 7.95. The molecule has 1 aliphatic heterocycles. The van der Waals surface area contributed by atoms with E-state index >= 15 is 0 Å². The second-order valence-corrected chi connectivity index (χ2v) is 8.78. The number of thioether (sulfide) groups is 2. The maximum atomic E-state index is 6.07. The molecule has 1 saturated heterocycles. The third-order valence-electron chi connectivity index (χ3n) is 5.55. The molecule has 2 nitrogen and oxygen atoms in total. The van der Waals surface area contributed by atoms with Crippen molar-refractivity contribution in [3.8, 4) is 0 Å². The van der Waals surface area contributed by atoms with Crippen molar-refractivity contribution < 1.29 is 4.74 Å². The molecule has 0 aromatic heterocycles. The fraction of sp³-hybridized carbons (Fsp3) is 0.923. The van der Waals surface area contributed by atoms with E-state index in [2.05, 4.69) is 25.8 Å². The molecule has 0 amide bonds. The number of hydrogen-bond donors (Lipinski definition) is 0. The van der Waals surface area contributed by atoms with Gasteiger partial charge >= 0.3 is 0 Å². The van der Waals surface area contributed by atoms with E-state index in [0.29, 0.717) is 23.7 Å². The molecule has 0 aromatic carbocycles. The van der Waals surface area contributed by atoms with Crippen molar-refractivity contribution in [3.63, 3.8) is 0 Å². The summed E-state index contributed by atoms with van der Waals surface area (Å²) in [6, 6.07) is 0. The lowest BCUT2D eigenvalue weighted by Crippen LogP contribution is -2.37. The molecule has 2 saturated carbocycles. The molecule has 0 N–H and O–H groups in total. The summed E-state index contributed by atoms with van der Waals surface area (Å²) in [4.78, 5) is 4.48. The van der Waals surface area contributed by atoms with E-state index in [1.165, 1.54) is 23.6 Å². The molecule has 3 atom stereocenters. The van der Waals surface area contributed by atoms with Gasteiger partial charge in [-0.2, -0.15) is 0 Å². The second-order valence-electron chi connectivity index (χ2n) is 6.23. The van der Waals surface area contributed by atoms with Gasteiger partial charge in [-0.15, -0.1) is 0 Å². The monoisotopic (exact) mass is 271 g/mol. The van der Waals surface area contributed by atoms with Crippen LogP contribution >= 0.6 is 23.5 Å². The Kier molecular flexibility index (Phi) is 3.04. The van der Waals surface area contributed by atoms with Gasteiger partial charge in [0.05, 0.1) is 11.2 Å². The molecule has 17 heavy (non-hydrogen) atoms. The van der Waals surface area contributed by atoms with Crippen molar-refractivity contribution in [2.45, 2.75) is 46.1 Å². The molecule has 3 aliphatic rings. The number of fused-ring (bicyclic) bond motifs is 2. The van der Waals surface area contributed by atoms with E-state index in [-0.39, 0.29) is 0 Å². The van der Waals surface area contributed by atoms with Gasteiger partial charge in [0.2, 0.25) is 0 Å². The van der Waals surface area contributed by atoms with Crippen LogP contribution in [-0.4, -0.2) is 22.3 Å². The predicted octanol–water partition coefficient (Wildman–Crippen LogP) is 3.97. The minimum Gasteiger partial charge on any atom is -0.355 e. The first-order valence-electron chi connectivity index (χ1n) is 6.46. The highest BCUT2D eigenvalue weighted by Crippen LogP contribution is 2.66. The molecule has 3 rings (SSSR count). The van der Waals surface area contributed by atoms with Crippen molar-refractivity contribution in [1.29, 1.82) is 0 Å². The van der Waals surface area contributed by atoms with Crippen molar-refractivity contribution in [3.05, 3.63) is 0 Å². The van der Waals surface area contributed by atoms with Crippen LogP contribution in [0.3, 0.4) is 0 Å². The maximum Gasteiger partial charge on any atom is 0.139 e. The van der Waals surface area contributed by atoms with E-state index in [4.69, 9.17) is 4.74 Å². The topological polar surface area (TPSA) is 21.6 Å². The van der Waals surface area contributed by atoms with Crippen LogP contribution in [0.1, 0.15) is 40.0 Å². The average Bonchev–Trinajstić information content (AvgIpc) is 2.54. The van der Waals surface area contributed by atoms with E-state index in [1.54, 1.807) is 0 Å². The standard InChI is InChI=1S/C13H21NOS2/c1-12(2)9-4-5-13(12,3)10(6-9)15-7-14-11-16-8-17-11/h9-10H,4-8H2,1-3H3. The van der Waals surface area contributed by atoms with Gasteiger partial charge in [-0.05, 0) is 36.0 Å². The maximum absolute atomic E-state index is 6.07. The van der Waals surface area contributed by atoms with Crippen molar-refractivity contribution in [1.82, 2.24) is 0 Å². The Morgan fingerprint density at radius 2 is 2.12 bits per heavy atom. The first-order chi connectivity index (χ1) is 8.04. The molecule has 0 spiro atoms. The molecule has 3 unspecified atom stereocenters. The van der Waals surface area contributed by atoms with Crippen LogP contribution in [0.2, 0.25) is 0 Å². The highest BCUT2D eigenvalue weighted by Gasteiger charge is 2.61. The fourth-order valence-electron chi connectivity index (χ4n) is 3.77. The summed E-state index contributed by atoms with van der Waals surface area (Å²) in [5, 5.41) is 1.16. The Labute approximate surface area is 112 Å². The van der Waals surface area contributed by atoms with Crippen LogP contribution in [0.4, 0.5) is 0 Å². The molecule has 2 aliphatic carbocycles. The van der Waals surface area contributed by atoms with Crippen LogP contribution in [-0.2, 0) is 4.74 Å². The van der Waals surface area contributed by atoms with Gasteiger partial charge in [-0.3, -0.25) is 0 Å². The number of hydrogen-bond acceptors (Lipinski definition) is 4. The zero-order valence-electron chi connectivity index (χ0n) is 10.9. The Hall–Kier alpha value is 0.330. The molecule has 4 heteroatoms. The summed E-state index contributed by atoms with van der Waals surface area (Å²) in [5.74, 6) is 0.859. The third kappa shape index (κ3) is 1.79. The summed E-state index contributed by atoms with van der Waals surface area (Å²) in [5.41, 5.74) is 0.822. The molecule has 3 fully saturated rings. The highest BCUT2D eigenvalue weighted by atomic mass is 32.3. The smallest absolute Gasteiger partial charge is 0.139 e. The van der Waals surface area contributed by atoms with Gasteiger partial charge in [-0.1, -0.05) is 44.3 Å². The molecule has 1 heterocycles. The van der Waals surface area contributed by atoms with Crippen LogP contribution in [0.15, 0.2) is 4.99 Å². The number of nitrogens with zero attached hydrogens (tertiary/aromatic N) is 1. The molecular weight excluding hydrogens is 250 g/mol. The molecule has 0 aromatic rings. The Morgan fingerprint density at radius 3 is 2.59 bits per heavy atom. The highest BCUT2D eigenvalue weighted by molar-refractivity contribution is 8.52. The average molecular weight is 271 g/mol. The molecular formula is C13H21NOS2. The Bertz CT molecular complexity index is 349. The zero-order chi connectivity index (χ0) is 12.1. The second kappa shape index (κ2) is 4.17. The first kappa shape index (κ1) is 12.4. The minimum atomic E-state index is 0.373. The number of ether oxygens (including phenoxy) is 1. The molecule has 2 bridgehead atoms. The zero-order valence-corrected chi connectivity index (χ0v) is 12.5. The van der Waals surface area contributed by atoms with Crippen LogP contribution < -0.4 is 0 Å². The van der Waals surface area contributed by atoms with Gasteiger partial charge in [0.1, 0.15) is 11.1 Å². The normalized spacial score (nSPS) is 42.6. The van der Waals surface area contributed by atoms with Gasteiger partial charge in [0, 0.05) is 0 Å². The minimum absolute atomic E-state index is 0.373. The van der Waals surface area contributed by atoms with Crippen LogP contribution in [0.25, 0.3) is 0 Å². The summed E-state index contributed by atoms with van der Waals surface area (Å²) >= 11 is 3.67. The quantitative estimate of drug-likeness (QED) is 0.775. The summed E-state index contributed by atoms with van der Waals surface area (Å²) in [6.07, 6.45) is 4.39. The first-order valence-corrected chi connectivity index (χ1v) is 8.43. The lowest BCUT2D eigenvalue weighted by molar-refractivity contribution is -0.0433. The van der Waals surface area contributed by atoms with Crippen molar-refractivity contribution in [2.24, 2.45) is 21.7 Å². The number of aliphatic imine (C=N–C) groups is 1. The van der Waals surface area contributed by atoms with Crippen molar-refractivity contribution >= 4 is 27.9 Å². The van der Waals surface area contributed by atoms with Crippen molar-refractivity contribution in [2.75, 3.05) is 11.8 Å². The van der Waals surface area contributed by atoms with Gasteiger partial charge in [-0.25, -0.2) is 4.99 Å². The Morgan fingerprint density at radius 1 is 1.35 bits per heavy atom. The predicted molar refractivity (Wildman–Crippen MR) is 76.5 cm³/mol. The summed E-state index contributed by atoms with van der Waals surface area (Å²) in [6.45, 7) is 7.85. The Balaban J connectivity index is 1.62.